The van der Waals surface area contributed by atoms with Gasteiger partial charge in [0.1, 0.15) is 5.82 Å². The summed E-state index contributed by atoms with van der Waals surface area (Å²) in [4.78, 5) is 2.01. The van der Waals surface area contributed by atoms with Crippen molar-refractivity contribution < 1.29 is 14.6 Å². The summed E-state index contributed by atoms with van der Waals surface area (Å²) in [6.07, 6.45) is 1.60. The molecule has 1 aromatic rings. The molecule has 0 spiro atoms. The molecule has 4 heteroatoms. The van der Waals surface area contributed by atoms with Crippen LogP contribution >= 0.6 is 0 Å². The Bertz CT molecular complexity index is 382. The Morgan fingerprint density at radius 2 is 2.06 bits per heavy atom. The molecule has 3 nitrogen and oxygen atoms in total. The molecule has 1 fully saturated rings. The average Bonchev–Trinajstić information content (AvgIpc) is 3.13. The van der Waals surface area contributed by atoms with Crippen molar-refractivity contribution in [2.45, 2.75) is 18.9 Å². The molecule has 100 valence electrons. The number of hydrogen-bond donors (Lipinski definition) is 2. The molecule has 2 rings (SSSR count). The van der Waals surface area contributed by atoms with Crippen molar-refractivity contribution in [2.24, 2.45) is 5.92 Å². The van der Waals surface area contributed by atoms with Gasteiger partial charge in [0.25, 0.3) is 0 Å². The Morgan fingerprint density at radius 1 is 1.33 bits per heavy atom. The van der Waals surface area contributed by atoms with E-state index in [2.05, 4.69) is 0 Å². The Hall–Kier alpha value is -0.970. The molecule has 0 radical (unpaired) electrons. The summed E-state index contributed by atoms with van der Waals surface area (Å²) in [5, 5.41) is 19.1. The lowest BCUT2D eigenvalue weighted by Crippen LogP contribution is -2.33. The second-order valence-electron chi connectivity index (χ2n) is 4.96. The van der Waals surface area contributed by atoms with E-state index in [1.165, 1.54) is 18.9 Å². The van der Waals surface area contributed by atoms with Gasteiger partial charge in [-0.1, -0.05) is 18.2 Å². The van der Waals surface area contributed by atoms with Gasteiger partial charge in [-0.15, -0.1) is 0 Å². The third kappa shape index (κ3) is 3.77. The van der Waals surface area contributed by atoms with Gasteiger partial charge in [-0.25, -0.2) is 4.39 Å². The van der Waals surface area contributed by atoms with E-state index in [9.17, 15) is 9.50 Å². The number of rotatable bonds is 7. The van der Waals surface area contributed by atoms with Crippen molar-refractivity contribution in [1.29, 1.82) is 0 Å². The van der Waals surface area contributed by atoms with Crippen molar-refractivity contribution in [3.8, 4) is 0 Å². The fourth-order valence-electron chi connectivity index (χ4n) is 2.15. The highest BCUT2D eigenvalue weighted by molar-refractivity contribution is 5.20. The molecule has 0 saturated heterocycles. The predicted molar refractivity (Wildman–Crippen MR) is 67.6 cm³/mol. The number of nitrogens with zero attached hydrogens (tertiary/aromatic N) is 1. The Kier molecular flexibility index (Phi) is 4.69. The SMILES string of the molecule is OCCN(CC1CC1)CC(O)c1ccccc1F. The lowest BCUT2D eigenvalue weighted by Gasteiger charge is -2.24. The smallest absolute Gasteiger partial charge is 0.129 e. The minimum atomic E-state index is -0.837. The van der Waals surface area contributed by atoms with Crippen LogP contribution in [0.1, 0.15) is 24.5 Å². The van der Waals surface area contributed by atoms with Crippen molar-refractivity contribution in [3.63, 3.8) is 0 Å². The zero-order valence-corrected chi connectivity index (χ0v) is 10.4. The van der Waals surface area contributed by atoms with Crippen LogP contribution in [0.25, 0.3) is 0 Å². The number of hydrogen-bond acceptors (Lipinski definition) is 3. The van der Waals surface area contributed by atoms with Crippen molar-refractivity contribution >= 4 is 0 Å². The normalized spacial score (nSPS) is 17.1. The second kappa shape index (κ2) is 6.27. The molecule has 18 heavy (non-hydrogen) atoms. The molecule has 0 bridgehead atoms. The fourth-order valence-corrected chi connectivity index (χ4v) is 2.15. The second-order valence-corrected chi connectivity index (χ2v) is 4.96. The average molecular weight is 253 g/mol. The van der Waals surface area contributed by atoms with E-state index < -0.39 is 6.10 Å². The highest BCUT2D eigenvalue weighted by atomic mass is 19.1. The largest absolute Gasteiger partial charge is 0.395 e. The molecule has 0 amide bonds. The summed E-state index contributed by atoms with van der Waals surface area (Å²) in [5.41, 5.74) is 0.330. The molecule has 1 aromatic carbocycles. The first-order valence-electron chi connectivity index (χ1n) is 6.46. The van der Waals surface area contributed by atoms with Gasteiger partial charge < -0.3 is 10.2 Å². The summed E-state index contributed by atoms with van der Waals surface area (Å²) >= 11 is 0. The van der Waals surface area contributed by atoms with E-state index in [1.54, 1.807) is 18.2 Å². The quantitative estimate of drug-likeness (QED) is 0.775. The highest BCUT2D eigenvalue weighted by Crippen LogP contribution is 2.30. The van der Waals surface area contributed by atoms with Gasteiger partial charge in [0.2, 0.25) is 0 Å². The van der Waals surface area contributed by atoms with Gasteiger partial charge in [0.15, 0.2) is 0 Å². The maximum absolute atomic E-state index is 13.5. The van der Waals surface area contributed by atoms with Crippen LogP contribution in [0, 0.1) is 11.7 Å². The van der Waals surface area contributed by atoms with E-state index in [1.807, 2.05) is 4.90 Å². The minimum absolute atomic E-state index is 0.0662. The van der Waals surface area contributed by atoms with Gasteiger partial charge in [0.05, 0.1) is 12.7 Å². The zero-order valence-electron chi connectivity index (χ0n) is 10.4. The van der Waals surface area contributed by atoms with Crippen LogP contribution in [0.5, 0.6) is 0 Å². The van der Waals surface area contributed by atoms with Gasteiger partial charge in [-0.2, -0.15) is 0 Å². The first-order chi connectivity index (χ1) is 8.70. The summed E-state index contributed by atoms with van der Waals surface area (Å²) in [5.74, 6) is 0.310. The lowest BCUT2D eigenvalue weighted by molar-refractivity contribution is 0.0946. The molecule has 0 aromatic heterocycles. The van der Waals surface area contributed by atoms with E-state index in [0.29, 0.717) is 24.6 Å². The van der Waals surface area contributed by atoms with Crippen LogP contribution in [0.4, 0.5) is 4.39 Å². The fraction of sp³-hybridized carbons (Fsp3) is 0.571. The summed E-state index contributed by atoms with van der Waals surface area (Å²) in [6.45, 7) is 1.85. The molecular formula is C14H20FNO2. The molecule has 1 aliphatic carbocycles. The van der Waals surface area contributed by atoms with Crippen molar-refractivity contribution in [3.05, 3.63) is 35.6 Å². The van der Waals surface area contributed by atoms with Gasteiger partial charge in [-0.05, 0) is 24.8 Å². The molecular weight excluding hydrogens is 233 g/mol. The van der Waals surface area contributed by atoms with Crippen LogP contribution in [0.2, 0.25) is 0 Å². The maximum Gasteiger partial charge on any atom is 0.129 e. The van der Waals surface area contributed by atoms with Gasteiger partial charge in [0, 0.05) is 25.2 Å². The Morgan fingerprint density at radius 3 is 2.67 bits per heavy atom. The zero-order chi connectivity index (χ0) is 13.0. The van der Waals surface area contributed by atoms with E-state index in [0.717, 1.165) is 6.54 Å². The number of benzene rings is 1. The molecule has 1 aliphatic rings. The van der Waals surface area contributed by atoms with Gasteiger partial charge in [-0.3, -0.25) is 4.90 Å². The summed E-state index contributed by atoms with van der Waals surface area (Å²) in [6, 6.07) is 6.30. The van der Waals surface area contributed by atoms with E-state index >= 15 is 0 Å². The number of aliphatic hydroxyl groups is 2. The molecule has 1 unspecified atom stereocenters. The predicted octanol–water partition coefficient (Wildman–Crippen LogP) is 1.56. The summed E-state index contributed by atoms with van der Waals surface area (Å²) in [7, 11) is 0. The first kappa shape index (κ1) is 13.5. The molecule has 1 atom stereocenters. The first-order valence-corrected chi connectivity index (χ1v) is 6.46. The summed E-state index contributed by atoms with van der Waals surface area (Å²) < 4.78 is 13.5. The molecule has 0 aliphatic heterocycles. The monoisotopic (exact) mass is 253 g/mol. The molecule has 0 heterocycles. The Labute approximate surface area is 107 Å². The minimum Gasteiger partial charge on any atom is -0.395 e. The molecule has 2 N–H and O–H groups in total. The third-order valence-corrected chi connectivity index (χ3v) is 3.32. The van der Waals surface area contributed by atoms with Crippen molar-refractivity contribution in [1.82, 2.24) is 4.90 Å². The number of halogens is 1. The van der Waals surface area contributed by atoms with Crippen LogP contribution in [-0.2, 0) is 0 Å². The maximum atomic E-state index is 13.5. The molecule has 1 saturated carbocycles. The van der Waals surface area contributed by atoms with Crippen LogP contribution < -0.4 is 0 Å². The van der Waals surface area contributed by atoms with Crippen LogP contribution in [0.15, 0.2) is 24.3 Å². The van der Waals surface area contributed by atoms with E-state index in [-0.39, 0.29) is 12.4 Å². The lowest BCUT2D eigenvalue weighted by atomic mass is 10.1. The van der Waals surface area contributed by atoms with Gasteiger partial charge >= 0.3 is 0 Å². The number of aliphatic hydroxyl groups excluding tert-OH is 2. The van der Waals surface area contributed by atoms with Crippen LogP contribution in [-0.4, -0.2) is 41.4 Å². The van der Waals surface area contributed by atoms with E-state index in [4.69, 9.17) is 5.11 Å². The third-order valence-electron chi connectivity index (χ3n) is 3.32. The topological polar surface area (TPSA) is 43.7 Å². The standard InChI is InChI=1S/C14H20FNO2/c15-13-4-2-1-3-12(13)14(18)10-16(7-8-17)9-11-5-6-11/h1-4,11,14,17-18H,5-10H2. The van der Waals surface area contributed by atoms with Crippen LogP contribution in [0.3, 0.4) is 0 Å². The van der Waals surface area contributed by atoms with Crippen molar-refractivity contribution in [2.75, 3.05) is 26.2 Å². The Balaban J connectivity index is 1.94. The highest BCUT2D eigenvalue weighted by Gasteiger charge is 2.25.